The summed E-state index contributed by atoms with van der Waals surface area (Å²) >= 11 is 1.72. The van der Waals surface area contributed by atoms with Crippen LogP contribution in [0.3, 0.4) is 0 Å². The van der Waals surface area contributed by atoms with Crippen LogP contribution in [0.1, 0.15) is 84.6 Å². The lowest BCUT2D eigenvalue weighted by Crippen LogP contribution is -2.34. The molecule has 7 heterocycles. The van der Waals surface area contributed by atoms with Crippen LogP contribution >= 0.6 is 11.3 Å². The molecule has 4 aromatic heterocycles. The molecule has 7 aromatic rings. The monoisotopic (exact) mass is 818 g/mol. The van der Waals surface area contributed by atoms with E-state index in [1.807, 2.05) is 0 Å². The lowest BCUT2D eigenvalue weighted by Gasteiger charge is -2.35. The van der Waals surface area contributed by atoms with Gasteiger partial charge in [-0.3, -0.25) is 0 Å². The molecule has 0 aliphatic carbocycles. The number of H-pyrrole nitrogens is 2. The number of aromatic amines is 2. The van der Waals surface area contributed by atoms with Crippen molar-refractivity contribution in [3.63, 3.8) is 0 Å². The van der Waals surface area contributed by atoms with Gasteiger partial charge in [0.15, 0.2) is 6.29 Å². The Bertz CT molecular complexity index is 2980. The first-order valence-corrected chi connectivity index (χ1v) is 22.3. The van der Waals surface area contributed by atoms with Gasteiger partial charge in [-0.2, -0.15) is 0 Å². The van der Waals surface area contributed by atoms with E-state index in [1.54, 1.807) is 11.3 Å². The van der Waals surface area contributed by atoms with Crippen molar-refractivity contribution in [1.82, 2.24) is 19.9 Å². The van der Waals surface area contributed by atoms with Gasteiger partial charge in [0.1, 0.15) is 0 Å². The van der Waals surface area contributed by atoms with Crippen LogP contribution in [-0.2, 0) is 22.3 Å². The maximum absolute atomic E-state index is 6.40. The van der Waals surface area contributed by atoms with Crippen molar-refractivity contribution in [3.8, 4) is 43.8 Å². The molecule has 2 N–H and O–H groups in total. The molecule has 10 rings (SSSR count). The Hall–Kier alpha value is -6.12. The summed E-state index contributed by atoms with van der Waals surface area (Å²) < 4.78 is 12.8. The third-order valence-corrected chi connectivity index (χ3v) is 13.0. The summed E-state index contributed by atoms with van der Waals surface area (Å²) in [6.45, 7) is 14.4. The Balaban J connectivity index is 1.33. The third-order valence-electron chi connectivity index (χ3n) is 12.1. The van der Waals surface area contributed by atoms with Gasteiger partial charge in [-0.1, -0.05) is 99.5 Å². The smallest absolute Gasteiger partial charge is 0.184 e. The molecular weight excluding hydrogens is 769 g/mol. The van der Waals surface area contributed by atoms with Gasteiger partial charge in [0.25, 0.3) is 0 Å². The van der Waals surface area contributed by atoms with Crippen molar-refractivity contribution in [2.24, 2.45) is 5.41 Å². The summed E-state index contributed by atoms with van der Waals surface area (Å²) in [4.78, 5) is 20.0. The van der Waals surface area contributed by atoms with Crippen molar-refractivity contribution in [3.05, 3.63) is 153 Å². The van der Waals surface area contributed by atoms with Crippen molar-refractivity contribution in [2.75, 3.05) is 13.2 Å². The van der Waals surface area contributed by atoms with Crippen LogP contribution in [0.5, 0.6) is 0 Å². The van der Waals surface area contributed by atoms with Crippen LogP contribution in [0.15, 0.2) is 102 Å². The van der Waals surface area contributed by atoms with Crippen LogP contribution in [-0.4, -0.2) is 33.1 Å². The number of aromatic nitrogens is 4. The second kappa shape index (κ2) is 15.7. The molecule has 0 unspecified atom stereocenters. The molecule has 1 saturated heterocycles. The van der Waals surface area contributed by atoms with Gasteiger partial charge in [0.05, 0.1) is 36.0 Å². The predicted octanol–water partition coefficient (Wildman–Crippen LogP) is 14.2. The minimum absolute atomic E-state index is 0.0167. The van der Waals surface area contributed by atoms with Crippen LogP contribution < -0.4 is 0 Å². The number of aryl methyl sites for hydroxylation is 4. The lowest BCUT2D eigenvalue weighted by atomic mass is 9.89. The first-order chi connectivity index (χ1) is 29.7. The average Bonchev–Trinajstić information content (AvgIpc) is 4.13. The highest BCUT2D eigenvalue weighted by molar-refractivity contribution is 7.13. The molecule has 3 aliphatic heterocycles. The number of hydrogen-bond acceptors (Lipinski definition) is 5. The zero-order valence-electron chi connectivity index (χ0n) is 35.6. The van der Waals surface area contributed by atoms with Crippen LogP contribution in [0.4, 0.5) is 0 Å². The van der Waals surface area contributed by atoms with E-state index in [9.17, 15) is 0 Å². The molecule has 0 atom stereocenters. The first-order valence-electron chi connectivity index (χ1n) is 21.4. The van der Waals surface area contributed by atoms with Gasteiger partial charge in [-0.25, -0.2) is 9.97 Å². The number of ether oxygens (including phenoxy) is 2. The minimum Gasteiger partial charge on any atom is -0.354 e. The molecule has 1 fully saturated rings. The summed E-state index contributed by atoms with van der Waals surface area (Å²) in [5.74, 6) is 0. The van der Waals surface area contributed by atoms with Crippen LogP contribution in [0, 0.1) is 19.3 Å². The maximum Gasteiger partial charge on any atom is 0.184 e. The van der Waals surface area contributed by atoms with Gasteiger partial charge in [-0.05, 0) is 121 Å². The average molecular weight is 819 g/mol. The molecule has 8 bridgehead atoms. The molecule has 0 radical (unpaired) electrons. The highest BCUT2D eigenvalue weighted by atomic mass is 32.1. The quantitative estimate of drug-likeness (QED) is 0.168. The number of benzene rings is 3. The largest absolute Gasteiger partial charge is 0.354 e. The van der Waals surface area contributed by atoms with E-state index < -0.39 is 6.29 Å². The number of hydrogen-bond donors (Lipinski definition) is 2. The fourth-order valence-corrected chi connectivity index (χ4v) is 9.64. The molecular formula is C54H50N4O2S. The normalized spacial score (nSPS) is 14.9. The lowest BCUT2D eigenvalue weighted by molar-refractivity contribution is -0.226. The highest BCUT2D eigenvalue weighted by Crippen LogP contribution is 2.42. The fraction of sp³-hybridized carbons (Fsp3) is 0.222. The Morgan fingerprint density at radius 2 is 1.07 bits per heavy atom. The molecule has 7 heteroatoms. The predicted molar refractivity (Wildman–Crippen MR) is 255 cm³/mol. The van der Waals surface area contributed by atoms with Gasteiger partial charge in [0, 0.05) is 60.2 Å². The summed E-state index contributed by atoms with van der Waals surface area (Å²) in [6.07, 6.45) is 9.96. The minimum atomic E-state index is -0.395. The first kappa shape index (κ1) is 39.0. The van der Waals surface area contributed by atoms with Crippen LogP contribution in [0.2, 0.25) is 0 Å². The molecule has 61 heavy (non-hydrogen) atoms. The Kier molecular flexibility index (Phi) is 10.1. The summed E-state index contributed by atoms with van der Waals surface area (Å²) in [6, 6.07) is 35.3. The molecule has 0 amide bonds. The second-order valence-corrected chi connectivity index (χ2v) is 18.2. The standard InChI is InChI=1S/C54H50N4O2S/c1-7-34-29-39(53-59-30-54(5,6)31-60-53)35(8-2)28-38(34)51-44-23-19-40(55-44)49(36-15-11-32(3)12-16-36)42-21-25-46(57-42)52(48-10-9-27-61-48)47-26-22-43(58-47)50(41-20-24-45(51)56-41)37-17-13-33(4)14-18-37/h9-29,53,55,58H,7-8,30-31H2,1-6H3. The number of thiophene rings is 1. The van der Waals surface area contributed by atoms with Crippen LogP contribution in [0.25, 0.3) is 90.2 Å². The fourth-order valence-electron chi connectivity index (χ4n) is 8.85. The Morgan fingerprint density at radius 1 is 0.590 bits per heavy atom. The highest BCUT2D eigenvalue weighted by Gasteiger charge is 2.31. The Labute approximate surface area is 361 Å². The number of nitrogens with one attached hydrogen (secondary N) is 2. The van der Waals surface area contributed by atoms with E-state index in [1.165, 1.54) is 22.3 Å². The SMILES string of the molecule is CCc1cc(C2OCC(C)(C)CO2)c(CC)cc1-c1c2nc(c(-c3ccc(C)cc3)c3ccc([nH]3)c(-c3cccs3)c3nc(c(-c4ccc(C)cc4)c4ccc1[nH]4)C=C3)C=C2. The van der Waals surface area contributed by atoms with Crippen molar-refractivity contribution in [1.29, 1.82) is 0 Å². The molecule has 0 spiro atoms. The molecule has 0 saturated carbocycles. The summed E-state index contributed by atoms with van der Waals surface area (Å²) in [5, 5.41) is 2.13. The van der Waals surface area contributed by atoms with Gasteiger partial charge in [-0.15, -0.1) is 11.3 Å². The van der Waals surface area contributed by atoms with E-state index >= 15 is 0 Å². The molecule has 6 nitrogen and oxygen atoms in total. The zero-order chi connectivity index (χ0) is 41.8. The van der Waals surface area contributed by atoms with E-state index in [2.05, 4.69) is 178 Å². The van der Waals surface area contributed by atoms with E-state index in [0.29, 0.717) is 13.2 Å². The topological polar surface area (TPSA) is 75.8 Å². The van der Waals surface area contributed by atoms with Gasteiger partial charge >= 0.3 is 0 Å². The summed E-state index contributed by atoms with van der Waals surface area (Å²) in [5.41, 5.74) is 21.1. The van der Waals surface area contributed by atoms with Crippen molar-refractivity contribution in [2.45, 2.75) is 60.7 Å². The van der Waals surface area contributed by atoms with E-state index in [0.717, 1.165) is 107 Å². The molecule has 304 valence electrons. The Morgan fingerprint density at radius 3 is 1.56 bits per heavy atom. The number of nitrogens with zero attached hydrogens (tertiary/aromatic N) is 2. The van der Waals surface area contributed by atoms with E-state index in [-0.39, 0.29) is 5.41 Å². The van der Waals surface area contributed by atoms with Gasteiger partial charge < -0.3 is 19.4 Å². The third kappa shape index (κ3) is 7.31. The van der Waals surface area contributed by atoms with Crippen molar-refractivity contribution >= 4 is 57.7 Å². The van der Waals surface area contributed by atoms with Gasteiger partial charge in [0.2, 0.25) is 0 Å². The number of fused-ring (bicyclic) bond motifs is 8. The second-order valence-electron chi connectivity index (χ2n) is 17.2. The maximum atomic E-state index is 6.40. The summed E-state index contributed by atoms with van der Waals surface area (Å²) in [7, 11) is 0. The van der Waals surface area contributed by atoms with Crippen molar-refractivity contribution < 1.29 is 9.47 Å². The molecule has 3 aromatic carbocycles. The zero-order valence-corrected chi connectivity index (χ0v) is 36.5. The van der Waals surface area contributed by atoms with E-state index in [4.69, 9.17) is 19.4 Å². The number of rotatable bonds is 7. The molecule has 3 aliphatic rings.